The molecule has 0 aliphatic carbocycles. The van der Waals surface area contributed by atoms with E-state index in [-0.39, 0.29) is 24.3 Å². The van der Waals surface area contributed by atoms with Gasteiger partial charge in [-0.25, -0.2) is 0 Å². The fourth-order valence-electron chi connectivity index (χ4n) is 2.56. The van der Waals surface area contributed by atoms with Gasteiger partial charge in [-0.1, -0.05) is 37.3 Å². The summed E-state index contributed by atoms with van der Waals surface area (Å²) in [6, 6.07) is 8.49. The minimum absolute atomic E-state index is 0.114. The van der Waals surface area contributed by atoms with Crippen molar-refractivity contribution in [1.29, 1.82) is 0 Å². The first-order valence-corrected chi connectivity index (χ1v) is 6.88. The number of carbonyl (C=O) groups excluding carboxylic acids is 1. The Morgan fingerprint density at radius 3 is 2.65 bits per heavy atom. The summed E-state index contributed by atoms with van der Waals surface area (Å²) in [5.74, 6) is -0.770. The molecule has 0 bridgehead atoms. The Labute approximate surface area is 118 Å². The van der Waals surface area contributed by atoms with Gasteiger partial charge in [0, 0.05) is 0 Å². The van der Waals surface area contributed by atoms with E-state index >= 15 is 0 Å². The molecule has 0 aromatic heterocycles. The third-order valence-corrected chi connectivity index (χ3v) is 3.71. The summed E-state index contributed by atoms with van der Waals surface area (Å²) in [6.45, 7) is 2.85. The van der Waals surface area contributed by atoms with Crippen LogP contribution in [0.5, 0.6) is 0 Å². The molecule has 1 heterocycles. The third kappa shape index (κ3) is 3.57. The fraction of sp³-hybridized carbons (Fsp3) is 0.467. The zero-order chi connectivity index (χ0) is 14.5. The zero-order valence-corrected chi connectivity index (χ0v) is 11.5. The first-order chi connectivity index (χ1) is 9.58. The molecule has 5 nitrogen and oxygen atoms in total. The van der Waals surface area contributed by atoms with E-state index in [1.807, 2.05) is 37.3 Å². The van der Waals surface area contributed by atoms with Crippen LogP contribution in [0.15, 0.2) is 30.3 Å². The predicted molar refractivity (Wildman–Crippen MR) is 75.2 cm³/mol. The van der Waals surface area contributed by atoms with E-state index in [0.717, 1.165) is 18.5 Å². The van der Waals surface area contributed by atoms with E-state index < -0.39 is 12.0 Å². The van der Waals surface area contributed by atoms with Crippen LogP contribution in [-0.2, 0) is 9.59 Å². The maximum atomic E-state index is 12.3. The van der Waals surface area contributed by atoms with Crippen molar-refractivity contribution in [2.24, 2.45) is 5.92 Å². The summed E-state index contributed by atoms with van der Waals surface area (Å²) in [4.78, 5) is 23.2. The normalized spacial score (nSPS) is 23.2. The van der Waals surface area contributed by atoms with Crippen LogP contribution in [-0.4, -0.2) is 29.6 Å². The molecule has 0 spiro atoms. The first kappa shape index (κ1) is 14.5. The van der Waals surface area contributed by atoms with Crippen molar-refractivity contribution in [2.45, 2.75) is 31.8 Å². The molecule has 1 fully saturated rings. The van der Waals surface area contributed by atoms with E-state index in [9.17, 15) is 9.59 Å². The van der Waals surface area contributed by atoms with Crippen molar-refractivity contribution in [3.63, 3.8) is 0 Å². The van der Waals surface area contributed by atoms with Crippen LogP contribution in [0.25, 0.3) is 0 Å². The number of carbonyl (C=O) groups is 2. The molecule has 2 rings (SSSR count). The number of amides is 1. The fourth-order valence-corrected chi connectivity index (χ4v) is 2.56. The van der Waals surface area contributed by atoms with E-state index in [0.29, 0.717) is 0 Å². The van der Waals surface area contributed by atoms with Crippen LogP contribution < -0.4 is 10.6 Å². The van der Waals surface area contributed by atoms with Gasteiger partial charge in [-0.05, 0) is 24.4 Å². The summed E-state index contributed by atoms with van der Waals surface area (Å²) in [7, 11) is 0. The van der Waals surface area contributed by atoms with E-state index in [1.165, 1.54) is 0 Å². The molecule has 3 atom stereocenters. The van der Waals surface area contributed by atoms with E-state index in [2.05, 4.69) is 10.6 Å². The van der Waals surface area contributed by atoms with Crippen LogP contribution in [0.4, 0.5) is 0 Å². The maximum absolute atomic E-state index is 12.3. The van der Waals surface area contributed by atoms with Crippen LogP contribution >= 0.6 is 0 Å². The third-order valence-electron chi connectivity index (χ3n) is 3.71. The first-order valence-electron chi connectivity index (χ1n) is 6.88. The maximum Gasteiger partial charge on any atom is 0.305 e. The molecule has 1 aromatic carbocycles. The molecule has 1 aliphatic heterocycles. The van der Waals surface area contributed by atoms with Gasteiger partial charge in [0.2, 0.25) is 5.91 Å². The Kier molecular flexibility index (Phi) is 4.74. The monoisotopic (exact) mass is 276 g/mol. The Balaban J connectivity index is 2.08. The standard InChI is InChI=1S/C15H20N2O3/c1-10-7-8-16-14(10)15(20)17-12(9-13(18)19)11-5-3-2-4-6-11/h2-6,10,12,14,16H,7-9H2,1H3,(H,17,20)(H,18,19). The summed E-state index contributed by atoms with van der Waals surface area (Å²) in [6.07, 6.45) is 0.851. The quantitative estimate of drug-likeness (QED) is 0.758. The number of nitrogens with one attached hydrogen (secondary N) is 2. The molecule has 1 saturated heterocycles. The van der Waals surface area contributed by atoms with Gasteiger partial charge in [0.1, 0.15) is 0 Å². The largest absolute Gasteiger partial charge is 0.481 e. The van der Waals surface area contributed by atoms with Crippen LogP contribution in [0.2, 0.25) is 0 Å². The second-order valence-electron chi connectivity index (χ2n) is 5.27. The molecule has 1 aliphatic rings. The zero-order valence-electron chi connectivity index (χ0n) is 11.5. The lowest BCUT2D eigenvalue weighted by molar-refractivity contribution is -0.137. The second-order valence-corrected chi connectivity index (χ2v) is 5.27. The van der Waals surface area contributed by atoms with Gasteiger partial charge in [0.05, 0.1) is 18.5 Å². The number of rotatable bonds is 5. The van der Waals surface area contributed by atoms with Gasteiger partial charge in [0.15, 0.2) is 0 Å². The lowest BCUT2D eigenvalue weighted by atomic mass is 10.00. The lowest BCUT2D eigenvalue weighted by Gasteiger charge is -2.22. The van der Waals surface area contributed by atoms with Gasteiger partial charge in [-0.3, -0.25) is 9.59 Å². The van der Waals surface area contributed by atoms with Gasteiger partial charge in [0.25, 0.3) is 0 Å². The molecule has 3 unspecified atom stereocenters. The smallest absolute Gasteiger partial charge is 0.305 e. The molecular weight excluding hydrogens is 256 g/mol. The van der Waals surface area contributed by atoms with Crippen molar-refractivity contribution < 1.29 is 14.7 Å². The minimum atomic E-state index is -0.924. The number of carboxylic acids is 1. The van der Waals surface area contributed by atoms with Crippen molar-refractivity contribution in [1.82, 2.24) is 10.6 Å². The molecule has 0 radical (unpaired) electrons. The molecule has 1 amide bonds. The Bertz CT molecular complexity index is 475. The minimum Gasteiger partial charge on any atom is -0.481 e. The summed E-state index contributed by atoms with van der Waals surface area (Å²) in [5, 5.41) is 15.0. The van der Waals surface area contributed by atoms with Crippen molar-refractivity contribution >= 4 is 11.9 Å². The number of carboxylic acid groups (broad SMARTS) is 1. The second kappa shape index (κ2) is 6.52. The average Bonchev–Trinajstić information content (AvgIpc) is 2.85. The number of aliphatic carboxylic acids is 1. The summed E-state index contributed by atoms with van der Waals surface area (Å²) < 4.78 is 0. The SMILES string of the molecule is CC1CCNC1C(=O)NC(CC(=O)O)c1ccccc1. The van der Waals surface area contributed by atoms with Crippen molar-refractivity contribution in [3.8, 4) is 0 Å². The van der Waals surface area contributed by atoms with E-state index in [1.54, 1.807) is 0 Å². The molecule has 0 saturated carbocycles. The molecule has 5 heteroatoms. The lowest BCUT2D eigenvalue weighted by Crippen LogP contribution is -2.45. The predicted octanol–water partition coefficient (Wildman–Crippen LogP) is 1.32. The summed E-state index contributed by atoms with van der Waals surface area (Å²) in [5.41, 5.74) is 0.814. The van der Waals surface area contributed by atoms with Gasteiger partial charge < -0.3 is 15.7 Å². The Hall–Kier alpha value is -1.88. The number of hydrogen-bond donors (Lipinski definition) is 3. The molecule has 20 heavy (non-hydrogen) atoms. The Morgan fingerprint density at radius 1 is 1.40 bits per heavy atom. The van der Waals surface area contributed by atoms with Gasteiger partial charge >= 0.3 is 5.97 Å². The van der Waals surface area contributed by atoms with Crippen molar-refractivity contribution in [2.75, 3.05) is 6.54 Å². The topological polar surface area (TPSA) is 78.4 Å². The van der Waals surface area contributed by atoms with Crippen molar-refractivity contribution in [3.05, 3.63) is 35.9 Å². The molecule has 1 aromatic rings. The van der Waals surface area contributed by atoms with Gasteiger partial charge in [-0.15, -0.1) is 0 Å². The molecular formula is C15H20N2O3. The number of benzene rings is 1. The number of hydrogen-bond acceptors (Lipinski definition) is 3. The van der Waals surface area contributed by atoms with E-state index in [4.69, 9.17) is 5.11 Å². The highest BCUT2D eigenvalue weighted by Crippen LogP contribution is 2.19. The van der Waals surface area contributed by atoms with Crippen LogP contribution in [0.1, 0.15) is 31.4 Å². The van der Waals surface area contributed by atoms with Crippen LogP contribution in [0, 0.1) is 5.92 Å². The van der Waals surface area contributed by atoms with Crippen LogP contribution in [0.3, 0.4) is 0 Å². The molecule has 3 N–H and O–H groups in total. The highest BCUT2D eigenvalue weighted by molar-refractivity contribution is 5.83. The average molecular weight is 276 g/mol. The highest BCUT2D eigenvalue weighted by Gasteiger charge is 2.31. The Morgan fingerprint density at radius 2 is 2.10 bits per heavy atom. The summed E-state index contributed by atoms with van der Waals surface area (Å²) >= 11 is 0. The van der Waals surface area contributed by atoms with Gasteiger partial charge in [-0.2, -0.15) is 0 Å². The highest BCUT2D eigenvalue weighted by atomic mass is 16.4. The molecule has 108 valence electrons.